The molecule has 2 saturated carbocycles. The minimum absolute atomic E-state index is 0.117. The molecule has 1 aromatic carbocycles. The van der Waals surface area contributed by atoms with Crippen LogP contribution in [-0.2, 0) is 21.4 Å². The zero-order chi connectivity index (χ0) is 17.3. The highest BCUT2D eigenvalue weighted by Gasteiger charge is 2.56. The molecule has 4 heteroatoms. The summed E-state index contributed by atoms with van der Waals surface area (Å²) in [6.45, 7) is 1.41. The number of hydrogen-bond donors (Lipinski definition) is 2. The van der Waals surface area contributed by atoms with Gasteiger partial charge in [0.05, 0.1) is 0 Å². The zero-order valence-corrected chi connectivity index (χ0v) is 14.9. The molecule has 1 aromatic rings. The van der Waals surface area contributed by atoms with Crippen LogP contribution in [0.15, 0.2) is 24.3 Å². The SMILES string of the molecule is O=C(CCCNC(=O)C1CC1)NC[C@@H]1C[C@@]12CCCc1ccccc12. The van der Waals surface area contributed by atoms with Crippen LogP contribution in [0.2, 0.25) is 0 Å². The largest absolute Gasteiger partial charge is 0.356 e. The number of aryl methyl sites for hydroxylation is 1. The van der Waals surface area contributed by atoms with Crippen molar-refractivity contribution in [1.29, 1.82) is 0 Å². The lowest BCUT2D eigenvalue weighted by molar-refractivity contribution is -0.123. The van der Waals surface area contributed by atoms with Crippen molar-refractivity contribution in [3.05, 3.63) is 35.4 Å². The Balaban J connectivity index is 1.18. The van der Waals surface area contributed by atoms with Crippen LogP contribution in [0.4, 0.5) is 0 Å². The summed E-state index contributed by atoms with van der Waals surface area (Å²) in [6.07, 6.45) is 8.21. The van der Waals surface area contributed by atoms with Gasteiger partial charge in [-0.3, -0.25) is 9.59 Å². The second kappa shape index (κ2) is 6.81. The van der Waals surface area contributed by atoms with Gasteiger partial charge in [0.25, 0.3) is 0 Å². The highest BCUT2D eigenvalue weighted by molar-refractivity contribution is 5.81. The van der Waals surface area contributed by atoms with Crippen LogP contribution < -0.4 is 10.6 Å². The molecular formula is C21H28N2O2. The van der Waals surface area contributed by atoms with Gasteiger partial charge in [-0.25, -0.2) is 0 Å². The molecule has 2 atom stereocenters. The molecule has 0 bridgehead atoms. The summed E-state index contributed by atoms with van der Waals surface area (Å²) in [5.74, 6) is 1.12. The highest BCUT2D eigenvalue weighted by Crippen LogP contribution is 2.59. The monoisotopic (exact) mass is 340 g/mol. The number of nitrogens with one attached hydrogen (secondary N) is 2. The number of carbonyl (C=O) groups excluding carboxylic acids is 2. The Morgan fingerprint density at radius 2 is 2.00 bits per heavy atom. The van der Waals surface area contributed by atoms with Crippen LogP contribution in [0.25, 0.3) is 0 Å². The van der Waals surface area contributed by atoms with Crippen molar-refractivity contribution < 1.29 is 9.59 Å². The van der Waals surface area contributed by atoms with Gasteiger partial charge < -0.3 is 10.6 Å². The van der Waals surface area contributed by atoms with Gasteiger partial charge in [-0.15, -0.1) is 0 Å². The van der Waals surface area contributed by atoms with E-state index in [4.69, 9.17) is 0 Å². The molecule has 0 aromatic heterocycles. The number of amides is 2. The molecule has 3 aliphatic rings. The van der Waals surface area contributed by atoms with E-state index in [0.29, 0.717) is 24.3 Å². The van der Waals surface area contributed by atoms with Crippen LogP contribution in [-0.4, -0.2) is 24.9 Å². The van der Waals surface area contributed by atoms with Gasteiger partial charge in [-0.2, -0.15) is 0 Å². The maximum absolute atomic E-state index is 12.1. The summed E-state index contributed by atoms with van der Waals surface area (Å²) < 4.78 is 0. The van der Waals surface area contributed by atoms with Gasteiger partial charge in [0, 0.05) is 30.8 Å². The molecule has 0 aliphatic heterocycles. The Morgan fingerprint density at radius 1 is 1.16 bits per heavy atom. The molecule has 4 rings (SSSR count). The van der Waals surface area contributed by atoms with Crippen LogP contribution in [0, 0.1) is 11.8 Å². The summed E-state index contributed by atoms with van der Waals surface area (Å²) >= 11 is 0. The predicted molar refractivity (Wildman–Crippen MR) is 97.1 cm³/mol. The van der Waals surface area contributed by atoms with Crippen LogP contribution in [0.3, 0.4) is 0 Å². The van der Waals surface area contributed by atoms with E-state index >= 15 is 0 Å². The Kier molecular flexibility index (Phi) is 4.53. The van der Waals surface area contributed by atoms with Crippen molar-refractivity contribution in [3.63, 3.8) is 0 Å². The maximum Gasteiger partial charge on any atom is 0.223 e. The second-order valence-electron chi connectivity index (χ2n) is 8.04. The lowest BCUT2D eigenvalue weighted by Crippen LogP contribution is -2.30. The molecule has 0 unspecified atom stereocenters. The lowest BCUT2D eigenvalue weighted by atomic mass is 9.78. The lowest BCUT2D eigenvalue weighted by Gasteiger charge is -2.26. The van der Waals surface area contributed by atoms with Crippen LogP contribution in [0.1, 0.15) is 56.1 Å². The van der Waals surface area contributed by atoms with Crippen molar-refractivity contribution in [2.45, 2.75) is 56.8 Å². The molecule has 0 radical (unpaired) electrons. The molecule has 2 N–H and O–H groups in total. The van der Waals surface area contributed by atoms with E-state index in [-0.39, 0.29) is 17.7 Å². The minimum Gasteiger partial charge on any atom is -0.356 e. The molecule has 1 spiro atoms. The van der Waals surface area contributed by atoms with E-state index in [1.165, 1.54) is 36.8 Å². The van der Waals surface area contributed by atoms with Gasteiger partial charge in [-0.1, -0.05) is 24.3 Å². The summed E-state index contributed by atoms with van der Waals surface area (Å²) in [5, 5.41) is 6.03. The normalized spacial score (nSPS) is 26.8. The number of rotatable bonds is 7. The minimum atomic E-state index is 0.117. The Hall–Kier alpha value is -1.84. The first kappa shape index (κ1) is 16.6. The standard InChI is InChI=1S/C21H28N2O2/c24-19(8-4-12-22-20(25)16-9-10-16)23-14-17-13-21(17)11-3-6-15-5-1-2-7-18(15)21/h1-2,5,7,16-17H,3-4,6,8-14H2,(H,22,25)(H,23,24)/t17-,21-/m0/s1. The van der Waals surface area contributed by atoms with Crippen molar-refractivity contribution in [2.24, 2.45) is 11.8 Å². The molecule has 134 valence electrons. The first-order valence-corrected chi connectivity index (χ1v) is 9.82. The zero-order valence-electron chi connectivity index (χ0n) is 14.9. The molecule has 0 heterocycles. The topological polar surface area (TPSA) is 58.2 Å². The van der Waals surface area contributed by atoms with Gasteiger partial charge in [-0.05, 0) is 62.0 Å². The summed E-state index contributed by atoms with van der Waals surface area (Å²) in [7, 11) is 0. The maximum atomic E-state index is 12.1. The Morgan fingerprint density at radius 3 is 2.84 bits per heavy atom. The fourth-order valence-corrected chi connectivity index (χ4v) is 4.51. The molecule has 25 heavy (non-hydrogen) atoms. The van der Waals surface area contributed by atoms with Gasteiger partial charge in [0.2, 0.25) is 11.8 Å². The summed E-state index contributed by atoms with van der Waals surface area (Å²) in [4.78, 5) is 23.6. The Bertz CT molecular complexity index is 668. The Labute approximate surface area is 149 Å². The average molecular weight is 340 g/mol. The van der Waals surface area contributed by atoms with Gasteiger partial charge >= 0.3 is 0 Å². The smallest absolute Gasteiger partial charge is 0.223 e. The third-order valence-corrected chi connectivity index (χ3v) is 6.23. The number of fused-ring (bicyclic) bond motifs is 2. The van der Waals surface area contributed by atoms with E-state index in [2.05, 4.69) is 34.9 Å². The number of carbonyl (C=O) groups is 2. The van der Waals surface area contributed by atoms with Crippen molar-refractivity contribution in [3.8, 4) is 0 Å². The summed E-state index contributed by atoms with van der Waals surface area (Å²) in [6, 6.07) is 8.84. The van der Waals surface area contributed by atoms with Gasteiger partial charge in [0.1, 0.15) is 0 Å². The van der Waals surface area contributed by atoms with Crippen molar-refractivity contribution >= 4 is 11.8 Å². The third-order valence-electron chi connectivity index (χ3n) is 6.23. The average Bonchev–Trinajstić information content (AvgIpc) is 3.53. The van der Waals surface area contributed by atoms with E-state index in [9.17, 15) is 9.59 Å². The van der Waals surface area contributed by atoms with Crippen molar-refractivity contribution in [1.82, 2.24) is 10.6 Å². The van der Waals surface area contributed by atoms with Crippen LogP contribution >= 0.6 is 0 Å². The first-order chi connectivity index (χ1) is 12.2. The quantitative estimate of drug-likeness (QED) is 0.750. The summed E-state index contributed by atoms with van der Waals surface area (Å²) in [5.41, 5.74) is 3.37. The fraction of sp³-hybridized carbons (Fsp3) is 0.619. The highest BCUT2D eigenvalue weighted by atomic mass is 16.2. The van der Waals surface area contributed by atoms with E-state index < -0.39 is 0 Å². The predicted octanol–water partition coefficient (Wildman–Crippen LogP) is 2.70. The third kappa shape index (κ3) is 3.58. The number of benzene rings is 1. The van der Waals surface area contributed by atoms with Crippen LogP contribution in [0.5, 0.6) is 0 Å². The van der Waals surface area contributed by atoms with Gasteiger partial charge in [0.15, 0.2) is 0 Å². The molecular weight excluding hydrogens is 312 g/mol. The van der Waals surface area contributed by atoms with E-state index in [1.807, 2.05) is 0 Å². The molecule has 0 saturated heterocycles. The van der Waals surface area contributed by atoms with E-state index in [1.54, 1.807) is 0 Å². The molecule has 3 aliphatic carbocycles. The molecule has 2 fully saturated rings. The fourth-order valence-electron chi connectivity index (χ4n) is 4.51. The molecule has 4 nitrogen and oxygen atoms in total. The molecule has 2 amide bonds. The first-order valence-electron chi connectivity index (χ1n) is 9.82. The number of hydrogen-bond acceptors (Lipinski definition) is 2. The van der Waals surface area contributed by atoms with Crippen molar-refractivity contribution in [2.75, 3.05) is 13.1 Å². The second-order valence-corrected chi connectivity index (χ2v) is 8.04. The van der Waals surface area contributed by atoms with E-state index in [0.717, 1.165) is 25.8 Å².